The molecule has 1 aromatic rings. The molecule has 1 heterocycles. The maximum atomic E-state index is 4.32. The van der Waals surface area contributed by atoms with Crippen molar-refractivity contribution in [1.29, 1.82) is 0 Å². The summed E-state index contributed by atoms with van der Waals surface area (Å²) in [5.74, 6) is 1.97. The van der Waals surface area contributed by atoms with Crippen molar-refractivity contribution < 1.29 is 0 Å². The summed E-state index contributed by atoms with van der Waals surface area (Å²) in [5, 5.41) is 3.56. The zero-order valence-corrected chi connectivity index (χ0v) is 8.49. The topological polar surface area (TPSA) is 29.9 Å². The SMILES string of the molecule is CC(NC1CC1C)c1nccn1C. The number of nitrogens with one attached hydrogen (secondary N) is 1. The second-order valence-corrected chi connectivity index (χ2v) is 4.10. The lowest BCUT2D eigenvalue weighted by Crippen LogP contribution is -2.24. The first kappa shape index (κ1) is 8.75. The molecule has 3 unspecified atom stereocenters. The van der Waals surface area contributed by atoms with Crippen LogP contribution < -0.4 is 5.32 Å². The van der Waals surface area contributed by atoms with Crippen molar-refractivity contribution >= 4 is 0 Å². The number of hydrogen-bond acceptors (Lipinski definition) is 2. The van der Waals surface area contributed by atoms with Gasteiger partial charge in [-0.05, 0) is 19.3 Å². The third kappa shape index (κ3) is 1.75. The molecule has 1 fully saturated rings. The van der Waals surface area contributed by atoms with Crippen molar-refractivity contribution in [1.82, 2.24) is 14.9 Å². The minimum absolute atomic E-state index is 0.370. The van der Waals surface area contributed by atoms with Crippen molar-refractivity contribution in [2.75, 3.05) is 0 Å². The van der Waals surface area contributed by atoms with E-state index in [0.717, 1.165) is 11.7 Å². The van der Waals surface area contributed by atoms with Crippen molar-refractivity contribution in [2.24, 2.45) is 13.0 Å². The number of nitrogens with zero attached hydrogens (tertiary/aromatic N) is 2. The van der Waals surface area contributed by atoms with Gasteiger partial charge in [0, 0.05) is 25.5 Å². The molecule has 0 spiro atoms. The zero-order valence-electron chi connectivity index (χ0n) is 8.49. The molecule has 0 radical (unpaired) electrons. The molecule has 0 saturated heterocycles. The summed E-state index contributed by atoms with van der Waals surface area (Å²) >= 11 is 0. The van der Waals surface area contributed by atoms with Gasteiger partial charge >= 0.3 is 0 Å². The van der Waals surface area contributed by atoms with Crippen LogP contribution in [0, 0.1) is 5.92 Å². The predicted octanol–water partition coefficient (Wildman–Crippen LogP) is 1.48. The van der Waals surface area contributed by atoms with Gasteiger partial charge in [0.1, 0.15) is 5.82 Å². The number of rotatable bonds is 3. The monoisotopic (exact) mass is 179 g/mol. The number of hydrogen-bond donors (Lipinski definition) is 1. The summed E-state index contributed by atoms with van der Waals surface area (Å²) in [6, 6.07) is 1.08. The third-order valence-corrected chi connectivity index (χ3v) is 2.82. The van der Waals surface area contributed by atoms with Gasteiger partial charge in [-0.2, -0.15) is 0 Å². The van der Waals surface area contributed by atoms with Crippen LogP contribution in [-0.4, -0.2) is 15.6 Å². The highest BCUT2D eigenvalue weighted by Crippen LogP contribution is 2.31. The van der Waals surface area contributed by atoms with Crippen LogP contribution in [0.15, 0.2) is 12.4 Å². The van der Waals surface area contributed by atoms with Crippen LogP contribution in [0.5, 0.6) is 0 Å². The van der Waals surface area contributed by atoms with Gasteiger partial charge < -0.3 is 9.88 Å². The van der Waals surface area contributed by atoms with E-state index < -0.39 is 0 Å². The van der Waals surface area contributed by atoms with Crippen LogP contribution in [0.4, 0.5) is 0 Å². The van der Waals surface area contributed by atoms with Gasteiger partial charge in [-0.1, -0.05) is 6.92 Å². The summed E-state index contributed by atoms with van der Waals surface area (Å²) in [5.41, 5.74) is 0. The Labute approximate surface area is 79.2 Å². The van der Waals surface area contributed by atoms with Gasteiger partial charge in [0.05, 0.1) is 6.04 Å². The van der Waals surface area contributed by atoms with Crippen molar-refractivity contribution in [3.63, 3.8) is 0 Å². The van der Waals surface area contributed by atoms with E-state index in [0.29, 0.717) is 12.1 Å². The molecule has 1 saturated carbocycles. The maximum absolute atomic E-state index is 4.32. The van der Waals surface area contributed by atoms with Crippen molar-refractivity contribution in [2.45, 2.75) is 32.4 Å². The first-order valence-electron chi connectivity index (χ1n) is 4.91. The lowest BCUT2D eigenvalue weighted by Gasteiger charge is -2.12. The van der Waals surface area contributed by atoms with Gasteiger partial charge in [0.2, 0.25) is 0 Å². The fourth-order valence-electron chi connectivity index (χ4n) is 1.74. The fourth-order valence-corrected chi connectivity index (χ4v) is 1.74. The van der Waals surface area contributed by atoms with Crippen LogP contribution >= 0.6 is 0 Å². The van der Waals surface area contributed by atoms with E-state index in [9.17, 15) is 0 Å². The molecule has 1 aromatic heterocycles. The van der Waals surface area contributed by atoms with Crippen LogP contribution in [0.2, 0.25) is 0 Å². The Bertz CT molecular complexity index is 292. The zero-order chi connectivity index (χ0) is 9.42. The smallest absolute Gasteiger partial charge is 0.125 e. The molecular formula is C10H17N3. The van der Waals surface area contributed by atoms with E-state index in [1.165, 1.54) is 6.42 Å². The lowest BCUT2D eigenvalue weighted by molar-refractivity contribution is 0.513. The molecule has 1 N–H and O–H groups in total. The van der Waals surface area contributed by atoms with Gasteiger partial charge in [-0.25, -0.2) is 4.98 Å². The van der Waals surface area contributed by atoms with E-state index >= 15 is 0 Å². The van der Waals surface area contributed by atoms with Gasteiger partial charge in [0.15, 0.2) is 0 Å². The van der Waals surface area contributed by atoms with E-state index in [4.69, 9.17) is 0 Å². The van der Waals surface area contributed by atoms with E-state index in [-0.39, 0.29) is 0 Å². The highest BCUT2D eigenvalue weighted by atomic mass is 15.1. The molecule has 0 aliphatic heterocycles. The summed E-state index contributed by atoms with van der Waals surface area (Å²) in [4.78, 5) is 4.32. The van der Waals surface area contributed by atoms with Crippen molar-refractivity contribution in [3.05, 3.63) is 18.2 Å². The Hall–Kier alpha value is -0.830. The van der Waals surface area contributed by atoms with Crippen LogP contribution in [-0.2, 0) is 7.05 Å². The minimum Gasteiger partial charge on any atom is -0.337 e. The predicted molar refractivity (Wildman–Crippen MR) is 52.3 cm³/mol. The highest BCUT2D eigenvalue weighted by Gasteiger charge is 2.33. The average Bonchev–Trinajstić information content (AvgIpc) is 2.62. The Balaban J connectivity index is 1.97. The normalized spacial score (nSPS) is 28.8. The quantitative estimate of drug-likeness (QED) is 0.761. The standard InChI is InChI=1S/C10H17N3/c1-7-6-9(7)12-8(2)10-11-4-5-13(10)3/h4-5,7-9,12H,6H2,1-3H3. The van der Waals surface area contributed by atoms with Crippen LogP contribution in [0.3, 0.4) is 0 Å². The van der Waals surface area contributed by atoms with Gasteiger partial charge in [0.25, 0.3) is 0 Å². The fraction of sp³-hybridized carbons (Fsp3) is 0.700. The van der Waals surface area contributed by atoms with Crippen molar-refractivity contribution in [3.8, 4) is 0 Å². The number of aromatic nitrogens is 2. The third-order valence-electron chi connectivity index (χ3n) is 2.82. The average molecular weight is 179 g/mol. The Morgan fingerprint density at radius 1 is 1.69 bits per heavy atom. The Morgan fingerprint density at radius 2 is 2.38 bits per heavy atom. The molecule has 3 atom stereocenters. The van der Waals surface area contributed by atoms with Crippen LogP contribution in [0.1, 0.15) is 32.1 Å². The maximum Gasteiger partial charge on any atom is 0.125 e. The largest absolute Gasteiger partial charge is 0.337 e. The molecule has 0 aromatic carbocycles. The minimum atomic E-state index is 0.370. The summed E-state index contributed by atoms with van der Waals surface area (Å²) in [6.45, 7) is 4.45. The number of imidazole rings is 1. The molecule has 0 amide bonds. The summed E-state index contributed by atoms with van der Waals surface area (Å²) in [6.07, 6.45) is 5.16. The Morgan fingerprint density at radius 3 is 2.85 bits per heavy atom. The van der Waals surface area contributed by atoms with Crippen LogP contribution in [0.25, 0.3) is 0 Å². The molecule has 1 aliphatic rings. The molecule has 3 heteroatoms. The molecule has 72 valence electrons. The molecule has 0 bridgehead atoms. The van der Waals surface area contributed by atoms with E-state index in [1.807, 2.05) is 19.4 Å². The number of aryl methyl sites for hydroxylation is 1. The molecule has 13 heavy (non-hydrogen) atoms. The first-order chi connectivity index (χ1) is 6.18. The highest BCUT2D eigenvalue weighted by molar-refractivity contribution is 5.01. The second kappa shape index (κ2) is 3.14. The summed E-state index contributed by atoms with van der Waals surface area (Å²) < 4.78 is 2.07. The molecule has 1 aliphatic carbocycles. The van der Waals surface area contributed by atoms with Gasteiger partial charge in [-0.3, -0.25) is 0 Å². The Kier molecular flexibility index (Phi) is 2.12. The molecule has 3 nitrogen and oxygen atoms in total. The summed E-state index contributed by atoms with van der Waals surface area (Å²) in [7, 11) is 2.04. The second-order valence-electron chi connectivity index (χ2n) is 4.10. The first-order valence-corrected chi connectivity index (χ1v) is 4.91. The molecule has 2 rings (SSSR count). The van der Waals surface area contributed by atoms with E-state index in [1.54, 1.807) is 0 Å². The molecular weight excluding hydrogens is 162 g/mol. The van der Waals surface area contributed by atoms with Gasteiger partial charge in [-0.15, -0.1) is 0 Å². The van der Waals surface area contributed by atoms with E-state index in [2.05, 4.69) is 28.7 Å². The lowest BCUT2D eigenvalue weighted by atomic mass is 10.3.